The van der Waals surface area contributed by atoms with Gasteiger partial charge in [0.05, 0.1) is 5.56 Å². The number of carbonyl (C=O) groups excluding carboxylic acids is 1. The van der Waals surface area contributed by atoms with Gasteiger partial charge in [-0.15, -0.1) is 0 Å². The van der Waals surface area contributed by atoms with Gasteiger partial charge in [0.2, 0.25) is 0 Å². The lowest BCUT2D eigenvalue weighted by Crippen LogP contribution is -2.33. The van der Waals surface area contributed by atoms with Gasteiger partial charge in [0.1, 0.15) is 24.9 Å². The first-order chi connectivity index (χ1) is 10.5. The van der Waals surface area contributed by atoms with E-state index in [0.29, 0.717) is 5.56 Å². The number of hydrogen-bond donors (Lipinski definition) is 0. The fourth-order valence-corrected chi connectivity index (χ4v) is 2.78. The van der Waals surface area contributed by atoms with Crippen LogP contribution in [0.25, 0.3) is 0 Å². The summed E-state index contributed by atoms with van der Waals surface area (Å²) in [5.41, 5.74) is 0.504. The number of methoxy groups -OCH3 is 1. The van der Waals surface area contributed by atoms with Crippen molar-refractivity contribution >= 4 is 5.97 Å². The molecule has 0 spiro atoms. The first kappa shape index (κ1) is 15.4. The average Bonchev–Trinajstić information content (AvgIpc) is 2.99. The highest BCUT2D eigenvalue weighted by Crippen LogP contribution is 2.38. The van der Waals surface area contributed by atoms with Gasteiger partial charge in [-0.2, -0.15) is 0 Å². The maximum atomic E-state index is 12.0. The molecule has 0 saturated carbocycles. The van der Waals surface area contributed by atoms with E-state index in [2.05, 4.69) is 0 Å². The fourth-order valence-electron chi connectivity index (χ4n) is 2.78. The van der Waals surface area contributed by atoms with E-state index in [1.807, 2.05) is 19.9 Å². The molecule has 4 atom stereocenters. The van der Waals surface area contributed by atoms with Crippen LogP contribution in [0.4, 0.5) is 0 Å². The van der Waals surface area contributed by atoms with Gasteiger partial charge in [-0.05, 0) is 26.0 Å². The Morgan fingerprint density at radius 1 is 1.18 bits per heavy atom. The Labute approximate surface area is 129 Å². The van der Waals surface area contributed by atoms with Gasteiger partial charge in [0.15, 0.2) is 12.1 Å². The molecule has 0 N–H and O–H groups in total. The summed E-state index contributed by atoms with van der Waals surface area (Å²) < 4.78 is 27.9. The third kappa shape index (κ3) is 3.01. The number of benzene rings is 1. The molecule has 2 aliphatic heterocycles. The van der Waals surface area contributed by atoms with Crippen LogP contribution in [0.5, 0.6) is 0 Å². The molecule has 3 rings (SSSR count). The highest BCUT2D eigenvalue weighted by Gasteiger charge is 2.55. The highest BCUT2D eigenvalue weighted by molar-refractivity contribution is 5.89. The number of esters is 1. The minimum atomic E-state index is -0.697. The van der Waals surface area contributed by atoms with Crippen LogP contribution in [0.15, 0.2) is 30.3 Å². The van der Waals surface area contributed by atoms with Crippen molar-refractivity contribution in [2.24, 2.45) is 0 Å². The molecule has 1 aromatic rings. The Kier molecular flexibility index (Phi) is 4.18. The first-order valence-electron chi connectivity index (χ1n) is 7.26. The van der Waals surface area contributed by atoms with Crippen molar-refractivity contribution in [3.63, 3.8) is 0 Å². The van der Waals surface area contributed by atoms with E-state index < -0.39 is 18.2 Å². The highest BCUT2D eigenvalue weighted by atomic mass is 16.8. The number of ether oxygens (including phenoxy) is 5. The van der Waals surface area contributed by atoms with Crippen molar-refractivity contribution in [2.45, 2.75) is 44.2 Å². The van der Waals surface area contributed by atoms with Crippen molar-refractivity contribution in [2.75, 3.05) is 13.7 Å². The molecule has 0 radical (unpaired) electrons. The predicted octanol–water partition coefficient (Wildman–Crippen LogP) is 1.73. The van der Waals surface area contributed by atoms with Gasteiger partial charge in [0.25, 0.3) is 0 Å². The molecule has 22 heavy (non-hydrogen) atoms. The van der Waals surface area contributed by atoms with Gasteiger partial charge >= 0.3 is 5.97 Å². The Bertz CT molecular complexity index is 529. The van der Waals surface area contributed by atoms with E-state index in [1.165, 1.54) is 0 Å². The molecule has 6 heteroatoms. The molecule has 0 aliphatic carbocycles. The van der Waals surface area contributed by atoms with Gasteiger partial charge in [-0.1, -0.05) is 18.2 Å². The van der Waals surface area contributed by atoms with Gasteiger partial charge in [-0.3, -0.25) is 0 Å². The quantitative estimate of drug-likeness (QED) is 0.790. The van der Waals surface area contributed by atoms with Crippen LogP contribution in [-0.2, 0) is 23.7 Å². The Balaban J connectivity index is 1.62. The number of carbonyl (C=O) groups is 1. The van der Waals surface area contributed by atoms with Crippen molar-refractivity contribution in [1.82, 2.24) is 0 Å². The zero-order valence-electron chi connectivity index (χ0n) is 12.9. The predicted molar refractivity (Wildman–Crippen MR) is 76.2 cm³/mol. The Morgan fingerprint density at radius 2 is 1.86 bits per heavy atom. The Hall–Kier alpha value is -1.47. The monoisotopic (exact) mass is 308 g/mol. The van der Waals surface area contributed by atoms with Crippen LogP contribution < -0.4 is 0 Å². The van der Waals surface area contributed by atoms with E-state index in [1.54, 1.807) is 31.4 Å². The maximum Gasteiger partial charge on any atom is 0.338 e. The second kappa shape index (κ2) is 5.96. The summed E-state index contributed by atoms with van der Waals surface area (Å²) in [4.78, 5) is 12.0. The number of hydrogen-bond acceptors (Lipinski definition) is 6. The van der Waals surface area contributed by atoms with Crippen LogP contribution in [0.2, 0.25) is 0 Å². The first-order valence-corrected chi connectivity index (χ1v) is 7.26. The molecule has 0 aromatic heterocycles. The molecule has 120 valence electrons. The second-order valence-corrected chi connectivity index (χ2v) is 5.81. The number of rotatable bonds is 4. The van der Waals surface area contributed by atoms with E-state index in [0.717, 1.165) is 0 Å². The van der Waals surface area contributed by atoms with Crippen LogP contribution in [0.3, 0.4) is 0 Å². The summed E-state index contributed by atoms with van der Waals surface area (Å²) in [6, 6.07) is 8.83. The third-order valence-electron chi connectivity index (χ3n) is 3.73. The normalized spacial score (nSPS) is 32.7. The summed E-state index contributed by atoms with van der Waals surface area (Å²) in [5.74, 6) is -1.09. The van der Waals surface area contributed by atoms with Crippen LogP contribution in [0.1, 0.15) is 24.2 Å². The van der Waals surface area contributed by atoms with E-state index in [-0.39, 0.29) is 24.8 Å². The summed E-state index contributed by atoms with van der Waals surface area (Å²) in [5, 5.41) is 0. The molecule has 0 amide bonds. The van der Waals surface area contributed by atoms with Crippen molar-refractivity contribution in [1.29, 1.82) is 0 Å². The minimum absolute atomic E-state index is 0.0915. The van der Waals surface area contributed by atoms with E-state index in [4.69, 9.17) is 23.7 Å². The molecule has 6 nitrogen and oxygen atoms in total. The fraction of sp³-hybridized carbons (Fsp3) is 0.562. The molecule has 1 aromatic carbocycles. The zero-order valence-corrected chi connectivity index (χ0v) is 12.9. The molecule has 4 unspecified atom stereocenters. The minimum Gasteiger partial charge on any atom is -0.459 e. The maximum absolute atomic E-state index is 12.0. The zero-order chi connectivity index (χ0) is 15.7. The molecular weight excluding hydrogens is 288 g/mol. The molecule has 0 bridgehead atoms. The summed E-state index contributed by atoms with van der Waals surface area (Å²) >= 11 is 0. The number of fused-ring (bicyclic) bond motifs is 1. The van der Waals surface area contributed by atoms with Crippen LogP contribution in [0, 0.1) is 0 Å². The average molecular weight is 308 g/mol. The standard InChI is InChI=1S/C16H20O6/c1-16(2)21-12-11(20-15(18-3)13(12)22-16)9-19-14(17)10-7-5-4-6-8-10/h4-8,11-13,15H,9H2,1-3H3. The Morgan fingerprint density at radius 3 is 2.55 bits per heavy atom. The summed E-state index contributed by atoms with van der Waals surface area (Å²) in [7, 11) is 1.55. The van der Waals surface area contributed by atoms with Gasteiger partial charge in [0, 0.05) is 7.11 Å². The third-order valence-corrected chi connectivity index (χ3v) is 3.73. The lowest BCUT2D eigenvalue weighted by atomic mass is 10.1. The van der Waals surface area contributed by atoms with Gasteiger partial charge in [-0.25, -0.2) is 4.79 Å². The summed E-state index contributed by atoms with van der Waals surface area (Å²) in [6.45, 7) is 3.77. The van der Waals surface area contributed by atoms with Crippen molar-refractivity contribution in [3.8, 4) is 0 Å². The van der Waals surface area contributed by atoms with E-state index >= 15 is 0 Å². The van der Waals surface area contributed by atoms with Crippen LogP contribution >= 0.6 is 0 Å². The summed E-state index contributed by atoms with van der Waals surface area (Å²) in [6.07, 6.45) is -1.57. The van der Waals surface area contributed by atoms with Crippen molar-refractivity contribution in [3.05, 3.63) is 35.9 Å². The van der Waals surface area contributed by atoms with Crippen LogP contribution in [-0.4, -0.2) is 50.1 Å². The smallest absolute Gasteiger partial charge is 0.338 e. The van der Waals surface area contributed by atoms with Gasteiger partial charge < -0.3 is 23.7 Å². The molecule has 2 fully saturated rings. The largest absolute Gasteiger partial charge is 0.459 e. The SMILES string of the molecule is COC1OC(COC(=O)c2ccccc2)C2OC(C)(C)OC12. The molecule has 2 saturated heterocycles. The topological polar surface area (TPSA) is 63.2 Å². The molecule has 2 aliphatic rings. The lowest BCUT2D eigenvalue weighted by molar-refractivity contribution is -0.230. The second-order valence-electron chi connectivity index (χ2n) is 5.81. The molecular formula is C16H20O6. The lowest BCUT2D eigenvalue weighted by Gasteiger charge is -2.23. The molecule has 2 heterocycles. The van der Waals surface area contributed by atoms with Crippen molar-refractivity contribution < 1.29 is 28.5 Å². The van der Waals surface area contributed by atoms with E-state index in [9.17, 15) is 4.79 Å².